The molecule has 1 unspecified atom stereocenters. The van der Waals surface area contributed by atoms with Crippen molar-refractivity contribution >= 4 is 9.73 Å². The predicted molar refractivity (Wildman–Crippen MR) is 49.9 cm³/mol. The first kappa shape index (κ1) is 10.7. The van der Waals surface area contributed by atoms with Gasteiger partial charge in [0.25, 0.3) is 0 Å². The summed E-state index contributed by atoms with van der Waals surface area (Å²) < 4.78 is 18.0. The van der Waals surface area contributed by atoms with Crippen molar-refractivity contribution in [2.45, 2.75) is 20.8 Å². The molecule has 0 heterocycles. The molecule has 0 aliphatic heterocycles. The lowest BCUT2D eigenvalue weighted by molar-refractivity contribution is 0.504. The molecule has 0 amide bonds. The van der Waals surface area contributed by atoms with Gasteiger partial charge in [-0.3, -0.25) is 0 Å². The first-order valence-corrected chi connectivity index (χ1v) is 5.78. The molecule has 0 aromatic carbocycles. The highest BCUT2D eigenvalue weighted by Crippen LogP contribution is 2.11. The molecule has 0 bridgehead atoms. The monoisotopic (exact) mass is 175 g/mol. The van der Waals surface area contributed by atoms with Crippen molar-refractivity contribution in [3.05, 3.63) is 11.5 Å². The molecule has 0 aromatic heterocycles. The van der Waals surface area contributed by atoms with Crippen molar-refractivity contribution in [1.29, 1.82) is 4.78 Å². The van der Waals surface area contributed by atoms with Gasteiger partial charge in [0.2, 0.25) is 0 Å². The summed E-state index contributed by atoms with van der Waals surface area (Å²) in [6, 6.07) is 0. The maximum Gasteiger partial charge on any atom is 0.0624 e. The van der Waals surface area contributed by atoms with Crippen LogP contribution >= 0.6 is 0 Å². The van der Waals surface area contributed by atoms with Crippen molar-refractivity contribution in [1.82, 2.24) is 0 Å². The Balaban J connectivity index is 4.15. The van der Waals surface area contributed by atoms with Gasteiger partial charge in [0.15, 0.2) is 0 Å². The molecular formula is C8H17NOS. The molecule has 0 radical (unpaired) electrons. The molecule has 0 saturated heterocycles. The van der Waals surface area contributed by atoms with Gasteiger partial charge in [0.1, 0.15) is 0 Å². The summed E-state index contributed by atoms with van der Waals surface area (Å²) in [5.74, 6) is 0.953. The second-order valence-corrected chi connectivity index (χ2v) is 5.42. The summed E-state index contributed by atoms with van der Waals surface area (Å²) >= 11 is 0. The largest absolute Gasteiger partial charge is 0.250 e. The van der Waals surface area contributed by atoms with E-state index in [1.165, 1.54) is 11.7 Å². The zero-order valence-corrected chi connectivity index (χ0v) is 8.44. The molecule has 1 N–H and O–H groups in total. The van der Waals surface area contributed by atoms with Crippen LogP contribution < -0.4 is 0 Å². The van der Waals surface area contributed by atoms with Crippen LogP contribution in [0.15, 0.2) is 11.5 Å². The molecule has 0 saturated carbocycles. The average Bonchev–Trinajstić information content (AvgIpc) is 1.80. The molecule has 2 atom stereocenters. The number of allylic oxidation sites excluding steroid dienone is 1. The smallest absolute Gasteiger partial charge is 0.0624 e. The van der Waals surface area contributed by atoms with Crippen LogP contribution in [0.1, 0.15) is 20.8 Å². The van der Waals surface area contributed by atoms with E-state index in [-0.39, 0.29) is 0 Å². The highest BCUT2D eigenvalue weighted by atomic mass is 32.2. The normalized spacial score (nSPS) is 20.5. The van der Waals surface area contributed by atoms with Crippen molar-refractivity contribution < 1.29 is 4.21 Å². The van der Waals surface area contributed by atoms with Crippen LogP contribution in [-0.4, -0.2) is 10.5 Å². The quantitative estimate of drug-likeness (QED) is 0.703. The van der Waals surface area contributed by atoms with Crippen molar-refractivity contribution in [3.63, 3.8) is 0 Å². The summed E-state index contributed by atoms with van der Waals surface area (Å²) in [7, 11) is -2.43. The van der Waals surface area contributed by atoms with Crippen LogP contribution in [0.25, 0.3) is 0 Å². The van der Waals surface area contributed by atoms with E-state index < -0.39 is 9.73 Å². The van der Waals surface area contributed by atoms with Crippen molar-refractivity contribution in [2.24, 2.45) is 11.8 Å². The van der Waals surface area contributed by atoms with Crippen LogP contribution in [0.4, 0.5) is 0 Å². The fraction of sp³-hybridized carbons (Fsp3) is 0.750. The molecule has 2 nitrogen and oxygen atoms in total. The first-order valence-electron chi connectivity index (χ1n) is 3.75. The van der Waals surface area contributed by atoms with E-state index in [4.69, 9.17) is 4.78 Å². The van der Waals surface area contributed by atoms with Gasteiger partial charge in [-0.1, -0.05) is 26.8 Å². The third-order valence-corrected chi connectivity index (χ3v) is 2.37. The number of nitrogens with one attached hydrogen (secondary N) is 1. The lowest BCUT2D eigenvalue weighted by atomic mass is 9.99. The molecular weight excluding hydrogens is 158 g/mol. The predicted octanol–water partition coefficient (Wildman–Crippen LogP) is 2.47. The SMILES string of the molecule is CC(C)[C@H](C)/C=C\S(C)(=N)=O. The number of hydrogen-bond donors (Lipinski definition) is 1. The van der Waals surface area contributed by atoms with E-state index in [1.807, 2.05) is 6.08 Å². The van der Waals surface area contributed by atoms with E-state index in [0.717, 1.165) is 0 Å². The van der Waals surface area contributed by atoms with Crippen LogP contribution in [0.2, 0.25) is 0 Å². The van der Waals surface area contributed by atoms with Crippen molar-refractivity contribution in [3.8, 4) is 0 Å². The van der Waals surface area contributed by atoms with Crippen molar-refractivity contribution in [2.75, 3.05) is 6.26 Å². The summed E-state index contributed by atoms with van der Waals surface area (Å²) in [5.41, 5.74) is 0. The zero-order chi connectivity index (χ0) is 9.07. The second-order valence-electron chi connectivity index (χ2n) is 3.34. The van der Waals surface area contributed by atoms with Gasteiger partial charge in [-0.05, 0) is 11.8 Å². The van der Waals surface area contributed by atoms with Crippen LogP contribution in [0.3, 0.4) is 0 Å². The topological polar surface area (TPSA) is 40.9 Å². The molecule has 0 aliphatic carbocycles. The standard InChI is InChI=1S/C8H17NOS/c1-7(2)8(3)5-6-11(4,9)10/h5-9H,1-4H3/b6-5-/t8-,11?/m1/s1. The highest BCUT2D eigenvalue weighted by molar-refractivity contribution is 7.94. The zero-order valence-electron chi connectivity index (χ0n) is 7.63. The molecule has 3 heteroatoms. The molecule has 0 fully saturated rings. The van der Waals surface area contributed by atoms with Crippen LogP contribution in [-0.2, 0) is 9.73 Å². The minimum atomic E-state index is -2.43. The summed E-state index contributed by atoms with van der Waals surface area (Å²) in [6.45, 7) is 6.28. The maximum atomic E-state index is 10.9. The van der Waals surface area contributed by atoms with E-state index in [1.54, 1.807) is 0 Å². The van der Waals surface area contributed by atoms with Gasteiger partial charge in [-0.25, -0.2) is 8.99 Å². The minimum absolute atomic E-state index is 0.404. The summed E-state index contributed by atoms with van der Waals surface area (Å²) in [4.78, 5) is 0. The molecule has 66 valence electrons. The Morgan fingerprint density at radius 2 is 1.82 bits per heavy atom. The van der Waals surface area contributed by atoms with Gasteiger partial charge in [-0.15, -0.1) is 0 Å². The van der Waals surface area contributed by atoms with Gasteiger partial charge in [0, 0.05) is 11.7 Å². The fourth-order valence-electron chi connectivity index (χ4n) is 0.496. The Kier molecular flexibility index (Phi) is 3.79. The summed E-state index contributed by atoms with van der Waals surface area (Å²) in [6.07, 6.45) is 3.29. The lowest BCUT2D eigenvalue weighted by Crippen LogP contribution is -2.00. The Morgan fingerprint density at radius 3 is 2.09 bits per heavy atom. The van der Waals surface area contributed by atoms with Gasteiger partial charge >= 0.3 is 0 Å². The summed E-state index contributed by atoms with van der Waals surface area (Å²) in [5, 5.41) is 1.50. The minimum Gasteiger partial charge on any atom is -0.250 e. The van der Waals surface area contributed by atoms with Crippen LogP contribution in [0, 0.1) is 16.6 Å². The Morgan fingerprint density at radius 1 is 1.36 bits per heavy atom. The van der Waals surface area contributed by atoms with E-state index in [9.17, 15) is 4.21 Å². The van der Waals surface area contributed by atoms with Gasteiger partial charge in [-0.2, -0.15) is 0 Å². The Labute approximate surface area is 69.7 Å². The third kappa shape index (κ3) is 6.10. The van der Waals surface area contributed by atoms with Gasteiger partial charge < -0.3 is 0 Å². The average molecular weight is 175 g/mol. The molecule has 11 heavy (non-hydrogen) atoms. The third-order valence-electron chi connectivity index (χ3n) is 1.69. The Hall–Kier alpha value is -0.310. The molecule has 0 aliphatic rings. The maximum absolute atomic E-state index is 10.9. The van der Waals surface area contributed by atoms with Crippen LogP contribution in [0.5, 0.6) is 0 Å². The lowest BCUT2D eigenvalue weighted by Gasteiger charge is -2.09. The second kappa shape index (κ2) is 3.90. The van der Waals surface area contributed by atoms with Gasteiger partial charge in [0.05, 0.1) is 9.73 Å². The Bertz CT molecular complexity index is 226. The molecule has 0 spiro atoms. The van der Waals surface area contributed by atoms with E-state index in [0.29, 0.717) is 11.8 Å². The first-order chi connectivity index (χ1) is 4.83. The van der Waals surface area contributed by atoms with E-state index >= 15 is 0 Å². The number of rotatable bonds is 3. The number of hydrogen-bond acceptors (Lipinski definition) is 2. The molecule has 0 aromatic rings. The van der Waals surface area contributed by atoms with E-state index in [2.05, 4.69) is 20.8 Å². The molecule has 0 rings (SSSR count). The fourth-order valence-corrected chi connectivity index (χ4v) is 1.04. The highest BCUT2D eigenvalue weighted by Gasteiger charge is 2.02.